The number of aryl methyl sites for hydroxylation is 1. The topological polar surface area (TPSA) is 75.9 Å². The summed E-state index contributed by atoms with van der Waals surface area (Å²) in [5, 5.41) is 7.22. The lowest BCUT2D eigenvalue weighted by atomic mass is 10.1. The van der Waals surface area contributed by atoms with Crippen LogP contribution in [-0.4, -0.2) is 16.0 Å². The number of rotatable bonds is 5. The van der Waals surface area contributed by atoms with E-state index in [4.69, 9.17) is 5.73 Å². The van der Waals surface area contributed by atoms with Gasteiger partial charge in [0.05, 0.1) is 16.8 Å². The van der Waals surface area contributed by atoms with E-state index in [2.05, 4.69) is 36.5 Å². The van der Waals surface area contributed by atoms with Crippen molar-refractivity contribution >= 4 is 44.0 Å². The first-order chi connectivity index (χ1) is 13.5. The summed E-state index contributed by atoms with van der Waals surface area (Å²) in [7, 11) is 0. The highest BCUT2D eigenvalue weighted by molar-refractivity contribution is 9.10. The average molecular weight is 468 g/mol. The maximum atomic E-state index is 13.0. The smallest absolute Gasteiger partial charge is 0.399 e. The molecule has 0 aliphatic carbocycles. The molecule has 1 heterocycles. The first-order valence-electron chi connectivity index (χ1n) is 8.98. The van der Waals surface area contributed by atoms with Gasteiger partial charge in [0.1, 0.15) is 11.6 Å². The summed E-state index contributed by atoms with van der Waals surface area (Å²) in [4.78, 5) is 8.90. The molecule has 0 amide bonds. The van der Waals surface area contributed by atoms with E-state index >= 15 is 0 Å². The minimum Gasteiger partial charge on any atom is -0.399 e. The van der Waals surface area contributed by atoms with Gasteiger partial charge in [-0.1, -0.05) is 0 Å². The zero-order valence-corrected chi connectivity index (χ0v) is 17.7. The van der Waals surface area contributed by atoms with Crippen LogP contribution in [0.25, 0.3) is 10.9 Å². The van der Waals surface area contributed by atoms with Gasteiger partial charge in [-0.25, -0.2) is 9.97 Å². The molecule has 0 aliphatic rings. The number of hydrogen-bond donors (Lipinski definition) is 3. The molecule has 0 atom stereocenters. The Labute approximate surface area is 175 Å². The summed E-state index contributed by atoms with van der Waals surface area (Å²) in [5.41, 5.74) is 6.99. The zero-order valence-electron chi connectivity index (χ0n) is 16.2. The fourth-order valence-corrected chi connectivity index (χ4v) is 3.45. The summed E-state index contributed by atoms with van der Waals surface area (Å²) in [6, 6.07) is 7.58. The van der Waals surface area contributed by atoms with Crippen molar-refractivity contribution in [2.75, 3.05) is 16.4 Å². The van der Waals surface area contributed by atoms with E-state index in [1.807, 2.05) is 26.0 Å². The van der Waals surface area contributed by atoms with Crippen molar-refractivity contribution in [3.05, 3.63) is 51.8 Å². The van der Waals surface area contributed by atoms with Gasteiger partial charge >= 0.3 is 6.18 Å². The molecule has 154 valence electrons. The molecule has 2 aromatic carbocycles. The molecule has 0 fully saturated rings. The van der Waals surface area contributed by atoms with Crippen molar-refractivity contribution < 1.29 is 13.2 Å². The molecule has 0 spiro atoms. The van der Waals surface area contributed by atoms with Gasteiger partial charge in [0.15, 0.2) is 0 Å². The van der Waals surface area contributed by atoms with E-state index in [1.54, 1.807) is 6.92 Å². The third kappa shape index (κ3) is 5.09. The Hall–Kier alpha value is -2.55. The molecule has 1 aromatic heterocycles. The SMILES string of the molecule is Cc1nc(NCc2cc(N)cc(C(F)(F)F)c2)c2cc(Br)c(NC(C)C)cc2n1. The predicted octanol–water partition coefficient (Wildman–Crippen LogP) is 5.73. The molecule has 3 aromatic rings. The first-order valence-corrected chi connectivity index (χ1v) is 9.77. The Kier molecular flexibility index (Phi) is 5.88. The maximum absolute atomic E-state index is 13.0. The van der Waals surface area contributed by atoms with Gasteiger partial charge in [-0.05, 0) is 72.6 Å². The molecular formula is C20H21BrF3N5. The number of aromatic nitrogens is 2. The number of anilines is 3. The van der Waals surface area contributed by atoms with Crippen LogP contribution in [0.2, 0.25) is 0 Å². The van der Waals surface area contributed by atoms with Crippen LogP contribution in [0.1, 0.15) is 30.8 Å². The fourth-order valence-electron chi connectivity index (χ4n) is 2.99. The van der Waals surface area contributed by atoms with Gasteiger partial charge in [0.2, 0.25) is 0 Å². The quantitative estimate of drug-likeness (QED) is 0.417. The van der Waals surface area contributed by atoms with Crippen LogP contribution in [0.4, 0.5) is 30.4 Å². The highest BCUT2D eigenvalue weighted by atomic mass is 79.9. The molecule has 0 bridgehead atoms. The summed E-state index contributed by atoms with van der Waals surface area (Å²) in [5.74, 6) is 1.10. The van der Waals surface area contributed by atoms with Crippen molar-refractivity contribution in [1.82, 2.24) is 9.97 Å². The summed E-state index contributed by atoms with van der Waals surface area (Å²) >= 11 is 3.55. The lowest BCUT2D eigenvalue weighted by Gasteiger charge is -2.15. The van der Waals surface area contributed by atoms with E-state index in [0.717, 1.165) is 33.2 Å². The molecule has 0 saturated heterocycles. The molecule has 29 heavy (non-hydrogen) atoms. The fraction of sp³-hybridized carbons (Fsp3) is 0.300. The van der Waals surface area contributed by atoms with Gasteiger partial charge in [-0.3, -0.25) is 0 Å². The van der Waals surface area contributed by atoms with Crippen molar-refractivity contribution in [2.24, 2.45) is 0 Å². The van der Waals surface area contributed by atoms with Crippen molar-refractivity contribution in [1.29, 1.82) is 0 Å². The minimum atomic E-state index is -4.45. The molecule has 0 saturated carbocycles. The molecule has 9 heteroatoms. The lowest BCUT2D eigenvalue weighted by molar-refractivity contribution is -0.137. The van der Waals surface area contributed by atoms with E-state index in [9.17, 15) is 13.2 Å². The summed E-state index contributed by atoms with van der Waals surface area (Å²) in [6.45, 7) is 5.99. The number of alkyl halides is 3. The molecule has 4 N–H and O–H groups in total. The second-order valence-electron chi connectivity index (χ2n) is 7.08. The van der Waals surface area contributed by atoms with Crippen molar-refractivity contribution in [3.8, 4) is 0 Å². The van der Waals surface area contributed by atoms with E-state index in [1.165, 1.54) is 6.07 Å². The van der Waals surface area contributed by atoms with Crippen molar-refractivity contribution in [2.45, 2.75) is 39.5 Å². The summed E-state index contributed by atoms with van der Waals surface area (Å²) in [6.07, 6.45) is -4.45. The van der Waals surface area contributed by atoms with Crippen LogP contribution in [0.3, 0.4) is 0 Å². The Morgan fingerprint density at radius 3 is 2.48 bits per heavy atom. The van der Waals surface area contributed by atoms with Gasteiger partial charge in [0.25, 0.3) is 0 Å². The highest BCUT2D eigenvalue weighted by Gasteiger charge is 2.31. The first kappa shape index (κ1) is 21.2. The largest absolute Gasteiger partial charge is 0.416 e. The number of nitrogens with zero attached hydrogens (tertiary/aromatic N) is 2. The second kappa shape index (κ2) is 8.06. The van der Waals surface area contributed by atoms with E-state index in [-0.39, 0.29) is 18.3 Å². The predicted molar refractivity (Wildman–Crippen MR) is 114 cm³/mol. The molecule has 0 unspecified atom stereocenters. The number of nitrogens with two attached hydrogens (primary N) is 1. The molecule has 0 radical (unpaired) electrons. The minimum absolute atomic E-state index is 0.0625. The molecular weight excluding hydrogens is 447 g/mol. The average Bonchev–Trinajstić information content (AvgIpc) is 2.59. The zero-order chi connectivity index (χ0) is 21.3. The number of nitrogens with one attached hydrogen (secondary N) is 2. The van der Waals surface area contributed by atoms with E-state index < -0.39 is 11.7 Å². The van der Waals surface area contributed by atoms with Gasteiger partial charge in [0, 0.05) is 28.1 Å². The normalized spacial score (nSPS) is 11.9. The maximum Gasteiger partial charge on any atom is 0.416 e. The van der Waals surface area contributed by atoms with Crippen LogP contribution in [0.5, 0.6) is 0 Å². The highest BCUT2D eigenvalue weighted by Crippen LogP contribution is 2.33. The van der Waals surface area contributed by atoms with Gasteiger partial charge in [-0.2, -0.15) is 13.2 Å². The lowest BCUT2D eigenvalue weighted by Crippen LogP contribution is -2.11. The Balaban J connectivity index is 1.94. The van der Waals surface area contributed by atoms with Crippen molar-refractivity contribution in [3.63, 3.8) is 0 Å². The van der Waals surface area contributed by atoms with Crippen LogP contribution in [0.15, 0.2) is 34.8 Å². The molecule has 3 rings (SSSR count). The number of fused-ring (bicyclic) bond motifs is 1. The standard InChI is InChI=1S/C20H21BrF3N5/c1-10(2)27-18-8-17-15(7-16(18)21)19(29-11(3)28-17)26-9-12-4-13(20(22,23)24)6-14(25)5-12/h4-8,10,27H,9,25H2,1-3H3,(H,26,28,29). The third-order valence-electron chi connectivity index (χ3n) is 4.14. The number of nitrogen functional groups attached to an aromatic ring is 1. The Bertz CT molecular complexity index is 1050. The van der Waals surface area contributed by atoms with Gasteiger partial charge < -0.3 is 16.4 Å². The number of hydrogen-bond acceptors (Lipinski definition) is 5. The summed E-state index contributed by atoms with van der Waals surface area (Å²) < 4.78 is 40.0. The van der Waals surface area contributed by atoms with Crippen LogP contribution < -0.4 is 16.4 Å². The Morgan fingerprint density at radius 1 is 1.10 bits per heavy atom. The van der Waals surface area contributed by atoms with Crippen LogP contribution in [-0.2, 0) is 12.7 Å². The number of benzene rings is 2. The second-order valence-corrected chi connectivity index (χ2v) is 7.94. The van der Waals surface area contributed by atoms with Gasteiger partial charge in [-0.15, -0.1) is 0 Å². The molecule has 0 aliphatic heterocycles. The van der Waals surface area contributed by atoms with Crippen LogP contribution in [0, 0.1) is 6.92 Å². The number of halogens is 4. The molecule has 5 nitrogen and oxygen atoms in total. The van der Waals surface area contributed by atoms with Crippen LogP contribution >= 0.6 is 15.9 Å². The third-order valence-corrected chi connectivity index (χ3v) is 4.80. The van der Waals surface area contributed by atoms with E-state index in [0.29, 0.717) is 17.2 Å². The Morgan fingerprint density at radius 2 is 1.83 bits per heavy atom. The monoisotopic (exact) mass is 467 g/mol.